The molecule has 0 aliphatic carbocycles. The second kappa shape index (κ2) is 27.7. The molecule has 3 aromatic heterocycles. The van der Waals surface area contributed by atoms with Crippen LogP contribution in [0.15, 0.2) is 91.4 Å². The summed E-state index contributed by atoms with van der Waals surface area (Å²) in [7, 11) is 0. The predicted molar refractivity (Wildman–Crippen MR) is 288 cm³/mol. The van der Waals surface area contributed by atoms with Crippen molar-refractivity contribution in [1.29, 1.82) is 0 Å². The number of para-hydroxylation sites is 3. The van der Waals surface area contributed by atoms with Crippen molar-refractivity contribution in [3.05, 3.63) is 108 Å². The predicted octanol–water partition coefficient (Wildman–Crippen LogP) is 2.24. The third-order valence-electron chi connectivity index (χ3n) is 13.5. The van der Waals surface area contributed by atoms with Crippen molar-refractivity contribution >= 4 is 91.9 Å². The maximum absolute atomic E-state index is 14.1. The molecule has 0 saturated carbocycles. The molecule has 3 aromatic carbocycles. The number of carboxylic acid groups (broad SMARTS) is 2. The van der Waals surface area contributed by atoms with Crippen LogP contribution >= 0.6 is 0 Å². The van der Waals surface area contributed by atoms with Crippen molar-refractivity contribution in [2.24, 2.45) is 11.7 Å². The minimum Gasteiger partial charge on any atom is -0.481 e. The minimum atomic E-state index is -1.84. The summed E-state index contributed by atoms with van der Waals surface area (Å²) in [5, 5.41) is 40.1. The first-order valence-electron chi connectivity index (χ1n) is 25.7. The number of nitrogens with two attached hydrogens (primary N) is 1. The smallest absolute Gasteiger partial charge is 0.305 e. The summed E-state index contributed by atoms with van der Waals surface area (Å²) in [5.41, 5.74) is 10.00. The zero-order valence-corrected chi connectivity index (χ0v) is 43.5. The number of carbonyl (C=O) groups is 10. The Bertz CT molecular complexity index is 3140. The summed E-state index contributed by atoms with van der Waals surface area (Å²) in [5.74, 6) is -9.19. The summed E-state index contributed by atoms with van der Waals surface area (Å²) < 4.78 is 0. The number of carboxylic acids is 2. The molecule has 0 radical (unpaired) electrons. The van der Waals surface area contributed by atoms with Crippen LogP contribution in [0.4, 0.5) is 0 Å². The molecule has 8 amide bonds. The number of H-pyrrole nitrogens is 3. The largest absolute Gasteiger partial charge is 0.481 e. The molecular weight excluding hydrogens is 1010 g/mol. The quantitative estimate of drug-likeness (QED) is 0.0289. The first-order valence-corrected chi connectivity index (χ1v) is 25.7. The van der Waals surface area contributed by atoms with Crippen LogP contribution in [0.3, 0.4) is 0 Å². The van der Waals surface area contributed by atoms with E-state index < -0.39 is 115 Å². The third kappa shape index (κ3) is 16.2. The molecule has 7 atom stereocenters. The molecule has 414 valence electrons. The van der Waals surface area contributed by atoms with E-state index in [4.69, 9.17) is 5.73 Å². The molecule has 0 aliphatic heterocycles. The van der Waals surface area contributed by atoms with Gasteiger partial charge in [-0.2, -0.15) is 0 Å². The van der Waals surface area contributed by atoms with Crippen molar-refractivity contribution in [1.82, 2.24) is 52.2 Å². The molecule has 3 heterocycles. The maximum atomic E-state index is 14.1. The molecule has 0 saturated heterocycles. The Kier molecular flexibility index (Phi) is 20.7. The number of primary amides is 1. The van der Waals surface area contributed by atoms with Crippen LogP contribution in [0.25, 0.3) is 32.7 Å². The van der Waals surface area contributed by atoms with E-state index >= 15 is 0 Å². The number of aromatic nitrogens is 3. The Hall–Kier alpha value is -9.02. The highest BCUT2D eigenvalue weighted by atomic mass is 16.4. The summed E-state index contributed by atoms with van der Waals surface area (Å²) in [6, 6.07) is 13.8. The van der Waals surface area contributed by atoms with Crippen molar-refractivity contribution in [3.8, 4) is 0 Å². The average molecular weight is 1070 g/mol. The van der Waals surface area contributed by atoms with Crippen molar-refractivity contribution in [3.63, 3.8) is 0 Å². The minimum absolute atomic E-state index is 0.0147. The molecule has 1 unspecified atom stereocenters. The van der Waals surface area contributed by atoms with Crippen LogP contribution in [0.5, 0.6) is 0 Å². The number of rotatable bonds is 30. The van der Waals surface area contributed by atoms with Crippen LogP contribution in [0, 0.1) is 5.92 Å². The number of hydrogen-bond donors (Lipinski definition) is 13. The first kappa shape index (κ1) is 58.2. The number of benzene rings is 3. The Morgan fingerprint density at radius 3 is 1.44 bits per heavy atom. The lowest BCUT2D eigenvalue weighted by Crippen LogP contribution is -2.59. The van der Waals surface area contributed by atoms with Gasteiger partial charge in [-0.3, -0.25) is 47.9 Å². The van der Waals surface area contributed by atoms with Gasteiger partial charge in [0.15, 0.2) is 0 Å². The van der Waals surface area contributed by atoms with Gasteiger partial charge in [-0.05, 0) is 60.1 Å². The molecule has 0 bridgehead atoms. The molecule has 0 aliphatic rings. The lowest BCUT2D eigenvalue weighted by Gasteiger charge is -2.26. The highest BCUT2D eigenvalue weighted by molar-refractivity contribution is 5.98. The van der Waals surface area contributed by atoms with Crippen molar-refractivity contribution < 1.29 is 58.2 Å². The van der Waals surface area contributed by atoms with Gasteiger partial charge in [0.25, 0.3) is 0 Å². The SMILES string of the molecule is CCC(C)[C@H](NC(=O)[C@H](Cc1c[nH]c2ccccc12)NC(=O)CCCCNC(=O)[C@H](Cc1c[nH]c2ccccc12)NC(=O)[C@H](CC(=O)O)NC(=O)[C@H](CCC(=O)O)NC(=O)[C@H](Cc1c[nH]c2ccccc12)NC(C)=O)C(N)=O. The standard InChI is InChI=1S/C55H67N11O12/c1-4-30(2)49(50(56)73)66-55(78)44(25-34-29-60-40-18-10-7-15-37(34)40)62-46(68)19-11-12-22-57-51(74)42(23-32-27-58-38-16-8-5-13-35(32)38)64-54(77)45(26-48(71)72)65-52(75)41(20-21-47(69)70)63-53(76)43(61-31(3)67)24-33-28-59-39-17-9-6-14-36(33)39/h5-10,13-18,27-30,41-45,49,58-60H,4,11-12,19-26H2,1-3H3,(H2,56,73)(H,57,74)(H,61,67)(H,62,68)(H,63,76)(H,64,77)(H,65,75)(H,66,78)(H,69,70)(H,71,72)/t30?,41-,42-,43-,44-,45-,49-/m0/s1. The summed E-state index contributed by atoms with van der Waals surface area (Å²) in [4.78, 5) is 141. The number of aliphatic carboxylic acids is 2. The molecule has 0 fully saturated rings. The lowest BCUT2D eigenvalue weighted by molar-refractivity contribution is -0.141. The molecule has 0 spiro atoms. The van der Waals surface area contributed by atoms with Crippen molar-refractivity contribution in [2.75, 3.05) is 6.54 Å². The number of unbranched alkanes of at least 4 members (excludes halogenated alkanes) is 1. The van der Waals surface area contributed by atoms with Crippen LogP contribution in [0.2, 0.25) is 0 Å². The second-order valence-electron chi connectivity index (χ2n) is 19.3. The van der Waals surface area contributed by atoms with E-state index in [-0.39, 0.29) is 51.0 Å². The fourth-order valence-corrected chi connectivity index (χ4v) is 9.17. The molecular formula is C55H67N11O12. The van der Waals surface area contributed by atoms with Crippen molar-refractivity contribution in [2.45, 2.75) is 121 Å². The van der Waals surface area contributed by atoms with Crippen LogP contribution in [-0.2, 0) is 67.2 Å². The monoisotopic (exact) mass is 1070 g/mol. The molecule has 23 nitrogen and oxygen atoms in total. The Balaban J connectivity index is 1.12. The van der Waals surface area contributed by atoms with Gasteiger partial charge < -0.3 is 68.1 Å². The van der Waals surface area contributed by atoms with Gasteiger partial charge in [-0.15, -0.1) is 0 Å². The number of nitrogens with one attached hydrogen (secondary N) is 10. The molecule has 23 heteroatoms. The van der Waals surface area contributed by atoms with E-state index in [9.17, 15) is 58.2 Å². The van der Waals surface area contributed by atoms with Gasteiger partial charge in [0.1, 0.15) is 36.3 Å². The number of fused-ring (bicyclic) bond motifs is 3. The van der Waals surface area contributed by atoms with Gasteiger partial charge in [-0.1, -0.05) is 74.9 Å². The normalized spacial score (nSPS) is 13.9. The maximum Gasteiger partial charge on any atom is 0.305 e. The van der Waals surface area contributed by atoms with Gasteiger partial charge in [-0.25, -0.2) is 0 Å². The van der Waals surface area contributed by atoms with Crippen LogP contribution in [-0.4, -0.2) is 127 Å². The summed E-state index contributed by atoms with van der Waals surface area (Å²) >= 11 is 0. The highest BCUT2D eigenvalue weighted by Gasteiger charge is 2.34. The van der Waals surface area contributed by atoms with Gasteiger partial charge >= 0.3 is 11.9 Å². The average Bonchev–Trinajstić information content (AvgIpc) is 4.14. The third-order valence-corrected chi connectivity index (χ3v) is 13.5. The van der Waals surface area contributed by atoms with E-state index in [0.29, 0.717) is 17.5 Å². The Morgan fingerprint density at radius 1 is 0.526 bits per heavy atom. The Morgan fingerprint density at radius 2 is 0.962 bits per heavy atom. The van der Waals surface area contributed by atoms with E-state index in [0.717, 1.165) is 38.3 Å². The zero-order chi connectivity index (χ0) is 56.5. The molecule has 14 N–H and O–H groups in total. The summed E-state index contributed by atoms with van der Waals surface area (Å²) in [6.07, 6.45) is 3.93. The van der Waals surface area contributed by atoms with Crippen LogP contribution < -0.4 is 43.0 Å². The zero-order valence-electron chi connectivity index (χ0n) is 43.5. The highest BCUT2D eigenvalue weighted by Crippen LogP contribution is 2.22. The fourth-order valence-electron chi connectivity index (χ4n) is 9.17. The van der Waals surface area contributed by atoms with Gasteiger partial charge in [0.05, 0.1) is 6.42 Å². The molecule has 6 rings (SSSR count). The number of carbonyl (C=O) groups excluding carboxylic acids is 8. The summed E-state index contributed by atoms with van der Waals surface area (Å²) in [6.45, 7) is 4.85. The van der Waals surface area contributed by atoms with Gasteiger partial charge in [0.2, 0.25) is 47.3 Å². The second-order valence-corrected chi connectivity index (χ2v) is 19.3. The fraction of sp³-hybridized carbons (Fsp3) is 0.382. The number of hydrogen-bond acceptors (Lipinski definition) is 10. The first-order chi connectivity index (χ1) is 37.3. The van der Waals surface area contributed by atoms with E-state index in [1.54, 1.807) is 49.8 Å². The molecule has 78 heavy (non-hydrogen) atoms. The Labute approximate surface area is 448 Å². The van der Waals surface area contributed by atoms with E-state index in [1.165, 1.54) is 6.92 Å². The van der Waals surface area contributed by atoms with E-state index in [1.807, 2.05) is 55.5 Å². The lowest BCUT2D eigenvalue weighted by atomic mass is 9.97. The van der Waals surface area contributed by atoms with E-state index in [2.05, 4.69) is 52.2 Å². The van der Waals surface area contributed by atoms with Crippen LogP contribution in [0.1, 0.15) is 82.4 Å². The molecule has 6 aromatic rings. The van der Waals surface area contributed by atoms with Gasteiger partial charge in [0, 0.05) is 96.9 Å². The number of amides is 8. The topological polar surface area (TPSA) is 369 Å². The number of aromatic amines is 3.